The molecule has 0 saturated carbocycles. The third-order valence-corrected chi connectivity index (χ3v) is 6.75. The summed E-state index contributed by atoms with van der Waals surface area (Å²) in [5, 5.41) is 0. The average Bonchev–Trinajstić information content (AvgIpc) is 2.10. The second-order valence-corrected chi connectivity index (χ2v) is 7.74. The van der Waals surface area contributed by atoms with Gasteiger partial charge in [-0.25, -0.2) is 0 Å². The lowest BCUT2D eigenvalue weighted by Crippen LogP contribution is -1.98. The predicted octanol–water partition coefficient (Wildman–Crippen LogP) is 6.06. The number of hydrogen-bond donors (Lipinski definition) is 0. The quantitative estimate of drug-likeness (QED) is 0.256. The Morgan fingerprint density at radius 1 is 1.07 bits per heavy atom. The normalized spacial score (nSPS) is 13.0. The Morgan fingerprint density at radius 2 is 1.64 bits per heavy atom. The Kier molecular flexibility index (Phi) is 5.67. The molecule has 5 heteroatoms. The summed E-state index contributed by atoms with van der Waals surface area (Å²) in [5.41, 5.74) is 1.27. The van der Waals surface area contributed by atoms with Crippen LogP contribution in [0.1, 0.15) is 12.5 Å². The second kappa shape index (κ2) is 5.80. The highest BCUT2D eigenvalue weighted by Gasteiger charge is 2.12. The van der Waals surface area contributed by atoms with Gasteiger partial charge in [0.2, 0.25) is 0 Å². The van der Waals surface area contributed by atoms with E-state index in [0.717, 1.165) is 24.3 Å². The molecule has 1 atom stereocenters. The van der Waals surface area contributed by atoms with Gasteiger partial charge in [-0.05, 0) is 81.8 Å². The van der Waals surface area contributed by atoms with Crippen LogP contribution in [-0.2, 0) is 6.42 Å². The Labute approximate surface area is 126 Å². The minimum absolute atomic E-state index is 0.471. The topological polar surface area (TPSA) is 0 Å². The molecule has 0 aliphatic rings. The van der Waals surface area contributed by atoms with Crippen molar-refractivity contribution >= 4 is 79.6 Å². The lowest BCUT2D eigenvalue weighted by atomic mass is 10.1. The molecule has 0 N–H and O–H groups in total. The van der Waals surface area contributed by atoms with Crippen molar-refractivity contribution in [2.75, 3.05) is 0 Å². The maximum absolute atomic E-state index is 3.58. The van der Waals surface area contributed by atoms with Gasteiger partial charge in [-0.15, -0.1) is 0 Å². The number of hydrogen-bond acceptors (Lipinski definition) is 0. The zero-order chi connectivity index (χ0) is 10.9. The van der Waals surface area contributed by atoms with Crippen LogP contribution >= 0.6 is 79.6 Å². The highest BCUT2D eigenvalue weighted by Crippen LogP contribution is 2.39. The smallest absolute Gasteiger partial charge is 0.0473 e. The van der Waals surface area contributed by atoms with Gasteiger partial charge in [0, 0.05) is 22.7 Å². The molecule has 0 aliphatic carbocycles. The van der Waals surface area contributed by atoms with Gasteiger partial charge in [0.25, 0.3) is 0 Å². The number of alkyl halides is 1. The molecule has 0 radical (unpaired) electrons. The zero-order valence-electron chi connectivity index (χ0n) is 7.25. The monoisotopic (exact) mass is 510 g/mol. The Bertz CT molecular complexity index is 346. The molecule has 78 valence electrons. The maximum Gasteiger partial charge on any atom is 0.0473 e. The van der Waals surface area contributed by atoms with Crippen molar-refractivity contribution in [3.8, 4) is 0 Å². The number of halogens is 5. The Balaban J connectivity index is 3.19. The minimum atomic E-state index is 0.471. The number of rotatable bonds is 2. The summed E-state index contributed by atoms with van der Waals surface area (Å²) in [5.74, 6) is 0. The summed E-state index contributed by atoms with van der Waals surface area (Å²) in [4.78, 5) is 0.471. The van der Waals surface area contributed by atoms with Crippen LogP contribution in [0.3, 0.4) is 0 Å². The van der Waals surface area contributed by atoms with Crippen LogP contribution in [0.4, 0.5) is 0 Å². The fourth-order valence-electron chi connectivity index (χ4n) is 1.07. The summed E-state index contributed by atoms with van der Waals surface area (Å²) in [6.07, 6.45) is 0.991. The molecular formula is C9H7Br5. The first-order chi connectivity index (χ1) is 6.43. The molecule has 0 nitrogen and oxygen atoms in total. The molecule has 1 rings (SSSR count). The van der Waals surface area contributed by atoms with Gasteiger partial charge < -0.3 is 0 Å². The number of benzene rings is 1. The first kappa shape index (κ1) is 13.7. The SMILES string of the molecule is CC(Br)Cc1cc(Br)c(Br)c(Br)c1Br. The lowest BCUT2D eigenvalue weighted by Gasteiger charge is -2.11. The van der Waals surface area contributed by atoms with E-state index in [1.165, 1.54) is 5.56 Å². The average molecular weight is 515 g/mol. The van der Waals surface area contributed by atoms with Gasteiger partial charge in [0.05, 0.1) is 0 Å². The second-order valence-electron chi connectivity index (χ2n) is 2.94. The molecule has 0 fully saturated rings. The molecule has 0 aliphatic heterocycles. The van der Waals surface area contributed by atoms with Gasteiger partial charge in [-0.2, -0.15) is 0 Å². The van der Waals surface area contributed by atoms with Crippen molar-refractivity contribution in [2.24, 2.45) is 0 Å². The summed E-state index contributed by atoms with van der Waals surface area (Å²) in [6, 6.07) is 2.12. The minimum Gasteiger partial charge on any atom is -0.0890 e. The Hall–Kier alpha value is 1.62. The molecule has 0 bridgehead atoms. The standard InChI is InChI=1S/C9H7Br5/c1-4(10)2-5-3-6(11)8(13)9(14)7(5)12/h3-4H,2H2,1H3. The first-order valence-corrected chi connectivity index (χ1v) is 7.98. The predicted molar refractivity (Wildman–Crippen MR) is 79.3 cm³/mol. The van der Waals surface area contributed by atoms with Gasteiger partial charge >= 0.3 is 0 Å². The zero-order valence-corrected chi connectivity index (χ0v) is 15.2. The molecule has 0 spiro atoms. The highest BCUT2D eigenvalue weighted by atomic mass is 79.9. The third-order valence-electron chi connectivity index (χ3n) is 1.68. The molecule has 0 saturated heterocycles. The summed E-state index contributed by atoms with van der Waals surface area (Å²) in [6.45, 7) is 2.14. The highest BCUT2D eigenvalue weighted by molar-refractivity contribution is 9.15. The van der Waals surface area contributed by atoms with Crippen LogP contribution in [-0.4, -0.2) is 4.83 Å². The third kappa shape index (κ3) is 3.30. The first-order valence-electron chi connectivity index (χ1n) is 3.89. The van der Waals surface area contributed by atoms with Crippen molar-refractivity contribution in [2.45, 2.75) is 18.2 Å². The van der Waals surface area contributed by atoms with E-state index < -0.39 is 0 Å². The molecule has 0 heterocycles. The van der Waals surface area contributed by atoms with E-state index in [9.17, 15) is 0 Å². The molecule has 1 unspecified atom stereocenters. The van der Waals surface area contributed by atoms with Gasteiger partial charge in [-0.1, -0.05) is 22.9 Å². The van der Waals surface area contributed by atoms with E-state index in [1.54, 1.807) is 0 Å². The summed E-state index contributed by atoms with van der Waals surface area (Å²) in [7, 11) is 0. The molecule has 0 aromatic heterocycles. The molecule has 1 aromatic carbocycles. The van der Waals surface area contributed by atoms with Crippen LogP contribution in [0.2, 0.25) is 0 Å². The van der Waals surface area contributed by atoms with Crippen molar-refractivity contribution in [1.82, 2.24) is 0 Å². The van der Waals surface area contributed by atoms with Crippen molar-refractivity contribution in [3.63, 3.8) is 0 Å². The fraction of sp³-hybridized carbons (Fsp3) is 0.333. The van der Waals surface area contributed by atoms with Gasteiger partial charge in [0.15, 0.2) is 0 Å². The molecule has 0 amide bonds. The van der Waals surface area contributed by atoms with E-state index in [-0.39, 0.29) is 0 Å². The van der Waals surface area contributed by atoms with Crippen LogP contribution in [0, 0.1) is 0 Å². The van der Waals surface area contributed by atoms with Gasteiger partial charge in [-0.3, -0.25) is 0 Å². The van der Waals surface area contributed by atoms with E-state index >= 15 is 0 Å². The van der Waals surface area contributed by atoms with Crippen molar-refractivity contribution < 1.29 is 0 Å². The van der Waals surface area contributed by atoms with Crippen LogP contribution in [0.15, 0.2) is 24.0 Å². The van der Waals surface area contributed by atoms with E-state index in [0.29, 0.717) is 4.83 Å². The summed E-state index contributed by atoms with van der Waals surface area (Å²) >= 11 is 17.7. The lowest BCUT2D eigenvalue weighted by molar-refractivity contribution is 0.950. The van der Waals surface area contributed by atoms with E-state index in [1.807, 2.05) is 0 Å². The van der Waals surface area contributed by atoms with E-state index in [2.05, 4.69) is 92.6 Å². The molecule has 1 aromatic rings. The molecule has 14 heavy (non-hydrogen) atoms. The maximum atomic E-state index is 3.58. The van der Waals surface area contributed by atoms with Crippen molar-refractivity contribution in [3.05, 3.63) is 29.5 Å². The Morgan fingerprint density at radius 3 is 2.14 bits per heavy atom. The van der Waals surface area contributed by atoms with Crippen LogP contribution in [0.25, 0.3) is 0 Å². The summed E-state index contributed by atoms with van der Waals surface area (Å²) < 4.78 is 4.26. The van der Waals surface area contributed by atoms with Crippen molar-refractivity contribution in [1.29, 1.82) is 0 Å². The van der Waals surface area contributed by atoms with Gasteiger partial charge in [0.1, 0.15) is 0 Å². The van der Waals surface area contributed by atoms with Crippen LogP contribution < -0.4 is 0 Å². The fourth-order valence-corrected chi connectivity index (χ4v) is 3.68. The van der Waals surface area contributed by atoms with Crippen LogP contribution in [0.5, 0.6) is 0 Å². The molecular weight excluding hydrogens is 508 g/mol. The van der Waals surface area contributed by atoms with E-state index in [4.69, 9.17) is 0 Å². The largest absolute Gasteiger partial charge is 0.0890 e.